The summed E-state index contributed by atoms with van der Waals surface area (Å²) in [5.74, 6) is 1.01. The van der Waals surface area contributed by atoms with Crippen LogP contribution in [0.3, 0.4) is 0 Å². The van der Waals surface area contributed by atoms with Gasteiger partial charge in [-0.1, -0.05) is 0 Å². The van der Waals surface area contributed by atoms with Crippen LogP contribution in [-0.2, 0) is 4.79 Å². The van der Waals surface area contributed by atoms with Crippen molar-refractivity contribution < 1.29 is 4.79 Å². The molecule has 0 aromatic rings. The van der Waals surface area contributed by atoms with Crippen LogP contribution in [0.2, 0.25) is 0 Å². The van der Waals surface area contributed by atoms with Gasteiger partial charge in [0.05, 0.1) is 6.04 Å². The quantitative estimate of drug-likeness (QED) is 0.491. The van der Waals surface area contributed by atoms with Crippen LogP contribution in [0.15, 0.2) is 0 Å². The average molecular weight is 140 g/mol. The van der Waals surface area contributed by atoms with Crippen molar-refractivity contribution in [3.05, 3.63) is 0 Å². The van der Waals surface area contributed by atoms with Crippen molar-refractivity contribution in [3.63, 3.8) is 0 Å². The van der Waals surface area contributed by atoms with E-state index < -0.39 is 0 Å². The van der Waals surface area contributed by atoms with Gasteiger partial charge in [-0.3, -0.25) is 10.2 Å². The van der Waals surface area contributed by atoms with Gasteiger partial charge in [-0.15, -0.1) is 0 Å². The molecule has 0 radical (unpaired) electrons. The van der Waals surface area contributed by atoms with Gasteiger partial charge in [-0.25, -0.2) is 5.43 Å². The lowest BCUT2D eigenvalue weighted by Crippen LogP contribution is -2.51. The Labute approximate surface area is 60.1 Å². The monoisotopic (exact) mass is 140 g/mol. The zero-order valence-corrected chi connectivity index (χ0v) is 5.89. The van der Waals surface area contributed by atoms with E-state index in [2.05, 4.69) is 10.9 Å². The van der Waals surface area contributed by atoms with Crippen molar-refractivity contribution in [1.29, 1.82) is 0 Å². The lowest BCUT2D eigenvalue weighted by Gasteiger charge is -2.25. The number of ketones is 1. The molecular formula is C7H12N2O. The number of rotatable bonds is 0. The van der Waals surface area contributed by atoms with Gasteiger partial charge < -0.3 is 0 Å². The number of hydrogen-bond donors (Lipinski definition) is 2. The maximum Gasteiger partial charge on any atom is 0.151 e. The summed E-state index contributed by atoms with van der Waals surface area (Å²) in [5, 5.41) is 0. The molecule has 0 spiro atoms. The number of fused-ring (bicyclic) bond motifs is 1. The molecular weight excluding hydrogens is 128 g/mol. The second-order valence-corrected chi connectivity index (χ2v) is 3.10. The molecule has 56 valence electrons. The van der Waals surface area contributed by atoms with E-state index in [1.54, 1.807) is 0 Å². The third-order valence-electron chi connectivity index (χ3n) is 2.48. The number of hydrogen-bond acceptors (Lipinski definition) is 3. The van der Waals surface area contributed by atoms with E-state index in [-0.39, 0.29) is 6.04 Å². The molecule has 0 aromatic carbocycles. The topological polar surface area (TPSA) is 41.1 Å². The Bertz CT molecular complexity index is 158. The molecule has 2 unspecified atom stereocenters. The van der Waals surface area contributed by atoms with E-state index in [0.29, 0.717) is 11.7 Å². The van der Waals surface area contributed by atoms with E-state index in [0.717, 1.165) is 25.8 Å². The van der Waals surface area contributed by atoms with Gasteiger partial charge in [0.15, 0.2) is 5.78 Å². The van der Waals surface area contributed by atoms with Crippen LogP contribution in [0, 0.1) is 5.92 Å². The second kappa shape index (κ2) is 2.32. The molecule has 2 atom stereocenters. The molecule has 0 bridgehead atoms. The largest absolute Gasteiger partial charge is 0.298 e. The molecule has 2 N–H and O–H groups in total. The van der Waals surface area contributed by atoms with E-state index in [1.165, 1.54) is 0 Å². The van der Waals surface area contributed by atoms with Crippen LogP contribution in [0.1, 0.15) is 19.3 Å². The minimum atomic E-state index is 0.133. The molecule has 0 amide bonds. The van der Waals surface area contributed by atoms with E-state index in [9.17, 15) is 4.79 Å². The first-order valence-corrected chi connectivity index (χ1v) is 3.89. The lowest BCUT2D eigenvalue weighted by atomic mass is 9.98. The van der Waals surface area contributed by atoms with Crippen molar-refractivity contribution in [3.8, 4) is 0 Å². The van der Waals surface area contributed by atoms with Gasteiger partial charge in [0.1, 0.15) is 0 Å². The number of Topliss-reactive ketones (excluding diaryl/α,β-unsaturated/α-hetero) is 1. The number of hydrazine groups is 1. The Balaban J connectivity index is 2.08. The van der Waals surface area contributed by atoms with Crippen LogP contribution in [0.5, 0.6) is 0 Å². The number of nitrogens with one attached hydrogen (secondary N) is 2. The molecule has 3 nitrogen and oxygen atoms in total. The SMILES string of the molecule is O=C1CCC2CCNNC12. The molecule has 1 heterocycles. The summed E-state index contributed by atoms with van der Waals surface area (Å²) in [6, 6.07) is 0.133. The molecule has 1 saturated heterocycles. The lowest BCUT2D eigenvalue weighted by molar-refractivity contribution is -0.120. The number of carbonyl (C=O) groups is 1. The fraction of sp³-hybridized carbons (Fsp3) is 0.857. The molecule has 3 heteroatoms. The minimum Gasteiger partial charge on any atom is -0.298 e. The highest BCUT2D eigenvalue weighted by Gasteiger charge is 2.35. The summed E-state index contributed by atoms with van der Waals surface area (Å²) >= 11 is 0. The predicted octanol–water partition coefficient (Wildman–Crippen LogP) is -0.168. The Hall–Kier alpha value is -0.410. The standard InChI is InChI=1S/C7H12N2O/c10-6-2-1-5-3-4-8-9-7(5)6/h5,7-9H,1-4H2. The van der Waals surface area contributed by atoms with Crippen LogP contribution in [-0.4, -0.2) is 18.4 Å². The van der Waals surface area contributed by atoms with Crippen LogP contribution >= 0.6 is 0 Å². The Morgan fingerprint density at radius 1 is 1.40 bits per heavy atom. The van der Waals surface area contributed by atoms with Gasteiger partial charge in [-0.05, 0) is 18.8 Å². The van der Waals surface area contributed by atoms with Crippen LogP contribution in [0.25, 0.3) is 0 Å². The minimum absolute atomic E-state index is 0.133. The third kappa shape index (κ3) is 0.859. The Morgan fingerprint density at radius 2 is 2.30 bits per heavy atom. The number of carbonyl (C=O) groups excluding carboxylic acids is 1. The molecule has 1 aliphatic heterocycles. The molecule has 1 saturated carbocycles. The fourth-order valence-electron chi connectivity index (χ4n) is 1.86. The van der Waals surface area contributed by atoms with Crippen molar-refractivity contribution >= 4 is 5.78 Å². The molecule has 10 heavy (non-hydrogen) atoms. The normalized spacial score (nSPS) is 39.8. The summed E-state index contributed by atoms with van der Waals surface area (Å²) < 4.78 is 0. The zero-order chi connectivity index (χ0) is 6.97. The maximum absolute atomic E-state index is 11.1. The molecule has 2 fully saturated rings. The van der Waals surface area contributed by atoms with Crippen molar-refractivity contribution in [2.45, 2.75) is 25.3 Å². The van der Waals surface area contributed by atoms with Gasteiger partial charge in [0.2, 0.25) is 0 Å². The summed E-state index contributed by atoms with van der Waals surface area (Å²) in [6.45, 7) is 1.01. The highest BCUT2D eigenvalue weighted by Crippen LogP contribution is 2.26. The molecule has 0 aromatic heterocycles. The first-order chi connectivity index (χ1) is 4.88. The summed E-state index contributed by atoms with van der Waals surface area (Å²) in [7, 11) is 0. The summed E-state index contributed by atoms with van der Waals surface area (Å²) in [4.78, 5) is 11.1. The molecule has 2 rings (SSSR count). The summed E-state index contributed by atoms with van der Waals surface area (Å²) in [5.41, 5.74) is 6.05. The molecule has 2 aliphatic rings. The highest BCUT2D eigenvalue weighted by atomic mass is 16.1. The zero-order valence-electron chi connectivity index (χ0n) is 5.89. The average Bonchev–Trinajstić information content (AvgIpc) is 2.34. The van der Waals surface area contributed by atoms with Gasteiger partial charge in [-0.2, -0.15) is 0 Å². The van der Waals surface area contributed by atoms with Crippen molar-refractivity contribution in [2.75, 3.05) is 6.54 Å². The maximum atomic E-state index is 11.1. The third-order valence-corrected chi connectivity index (χ3v) is 2.48. The van der Waals surface area contributed by atoms with Crippen molar-refractivity contribution in [1.82, 2.24) is 10.9 Å². The second-order valence-electron chi connectivity index (χ2n) is 3.10. The fourth-order valence-corrected chi connectivity index (χ4v) is 1.86. The van der Waals surface area contributed by atoms with Crippen LogP contribution < -0.4 is 10.9 Å². The van der Waals surface area contributed by atoms with E-state index in [4.69, 9.17) is 0 Å². The van der Waals surface area contributed by atoms with Gasteiger partial charge in [0, 0.05) is 13.0 Å². The smallest absolute Gasteiger partial charge is 0.151 e. The Kier molecular flexibility index (Phi) is 1.47. The first kappa shape index (κ1) is 6.31. The first-order valence-electron chi connectivity index (χ1n) is 3.89. The highest BCUT2D eigenvalue weighted by molar-refractivity contribution is 5.86. The predicted molar refractivity (Wildman–Crippen MR) is 37.3 cm³/mol. The van der Waals surface area contributed by atoms with E-state index >= 15 is 0 Å². The molecule has 1 aliphatic carbocycles. The Morgan fingerprint density at radius 3 is 3.10 bits per heavy atom. The van der Waals surface area contributed by atoms with Crippen molar-refractivity contribution in [2.24, 2.45) is 5.92 Å². The van der Waals surface area contributed by atoms with Crippen LogP contribution in [0.4, 0.5) is 0 Å². The summed E-state index contributed by atoms with van der Waals surface area (Å²) in [6.07, 6.45) is 3.03. The van der Waals surface area contributed by atoms with E-state index in [1.807, 2.05) is 0 Å². The van der Waals surface area contributed by atoms with Gasteiger partial charge >= 0.3 is 0 Å². The van der Waals surface area contributed by atoms with Gasteiger partial charge in [0.25, 0.3) is 0 Å².